The first-order valence-corrected chi connectivity index (χ1v) is 10.2. The number of hydrogen-bond acceptors (Lipinski definition) is 3. The standard InChI is InChI=1S/C18H17ClF2N2O3S/c19-14-8-7-12(27(25,26)23-9-2-1-3-10-23)11-13(14)18(24)22-17-15(20)5-4-6-16(17)21/h4-8,11H,1-3,9-10H2,(H,22,24). The van der Waals surface area contributed by atoms with Crippen molar-refractivity contribution in [2.24, 2.45) is 0 Å². The van der Waals surface area contributed by atoms with Gasteiger partial charge in [0.25, 0.3) is 5.91 Å². The summed E-state index contributed by atoms with van der Waals surface area (Å²) in [5, 5.41) is 2.09. The number of carbonyl (C=O) groups is 1. The van der Waals surface area contributed by atoms with Crippen molar-refractivity contribution >= 4 is 33.2 Å². The summed E-state index contributed by atoms with van der Waals surface area (Å²) < 4.78 is 54.4. The number of anilines is 1. The van der Waals surface area contributed by atoms with Gasteiger partial charge in [-0.3, -0.25) is 4.79 Å². The first kappa shape index (κ1) is 19.7. The fourth-order valence-corrected chi connectivity index (χ4v) is 4.64. The van der Waals surface area contributed by atoms with Crippen molar-refractivity contribution in [3.8, 4) is 0 Å². The molecular weight excluding hydrogens is 398 g/mol. The van der Waals surface area contributed by atoms with E-state index in [1.165, 1.54) is 22.5 Å². The van der Waals surface area contributed by atoms with Crippen LogP contribution in [0.5, 0.6) is 0 Å². The summed E-state index contributed by atoms with van der Waals surface area (Å²) in [6.45, 7) is 0.819. The molecule has 0 unspecified atom stereocenters. The fraction of sp³-hybridized carbons (Fsp3) is 0.278. The Kier molecular flexibility index (Phi) is 5.78. The van der Waals surface area contributed by atoms with Crippen LogP contribution in [-0.4, -0.2) is 31.7 Å². The monoisotopic (exact) mass is 414 g/mol. The summed E-state index contributed by atoms with van der Waals surface area (Å²) in [5.74, 6) is -2.80. The minimum atomic E-state index is -3.78. The van der Waals surface area contributed by atoms with Gasteiger partial charge in [0.15, 0.2) is 0 Å². The molecule has 1 N–H and O–H groups in total. The van der Waals surface area contributed by atoms with Crippen molar-refractivity contribution in [1.29, 1.82) is 0 Å². The zero-order valence-electron chi connectivity index (χ0n) is 14.2. The van der Waals surface area contributed by atoms with Gasteiger partial charge >= 0.3 is 0 Å². The molecule has 9 heteroatoms. The second kappa shape index (κ2) is 7.92. The molecule has 0 saturated carbocycles. The summed E-state index contributed by atoms with van der Waals surface area (Å²) in [4.78, 5) is 12.4. The quantitative estimate of drug-likeness (QED) is 0.820. The summed E-state index contributed by atoms with van der Waals surface area (Å²) >= 11 is 6.02. The zero-order chi connectivity index (χ0) is 19.6. The van der Waals surface area contributed by atoms with E-state index in [0.717, 1.165) is 37.5 Å². The van der Waals surface area contributed by atoms with Crippen LogP contribution in [-0.2, 0) is 10.0 Å². The van der Waals surface area contributed by atoms with Gasteiger partial charge in [0.2, 0.25) is 10.0 Å². The van der Waals surface area contributed by atoms with Gasteiger partial charge in [-0.05, 0) is 43.2 Å². The van der Waals surface area contributed by atoms with E-state index in [2.05, 4.69) is 5.32 Å². The number of halogens is 3. The molecule has 1 saturated heterocycles. The van der Waals surface area contributed by atoms with Gasteiger partial charge in [-0.15, -0.1) is 0 Å². The largest absolute Gasteiger partial charge is 0.317 e. The molecular formula is C18H17ClF2N2O3S. The number of benzene rings is 2. The summed E-state index contributed by atoms with van der Waals surface area (Å²) in [5.41, 5.74) is -0.805. The van der Waals surface area contributed by atoms with E-state index < -0.39 is 33.3 Å². The van der Waals surface area contributed by atoms with Crippen LogP contribution in [0.2, 0.25) is 5.02 Å². The molecule has 144 valence electrons. The molecule has 1 fully saturated rings. The van der Waals surface area contributed by atoms with Crippen LogP contribution in [0.15, 0.2) is 41.3 Å². The van der Waals surface area contributed by atoms with Gasteiger partial charge in [0, 0.05) is 13.1 Å². The Morgan fingerprint density at radius 3 is 2.30 bits per heavy atom. The lowest BCUT2D eigenvalue weighted by Crippen LogP contribution is -2.35. The SMILES string of the molecule is O=C(Nc1c(F)cccc1F)c1cc(S(=O)(=O)N2CCCCC2)ccc1Cl. The Morgan fingerprint density at radius 1 is 1.04 bits per heavy atom. The summed E-state index contributed by atoms with van der Waals surface area (Å²) in [6.07, 6.45) is 2.51. The van der Waals surface area contributed by atoms with Crippen molar-refractivity contribution in [2.75, 3.05) is 18.4 Å². The number of rotatable bonds is 4. The van der Waals surface area contributed by atoms with Crippen molar-refractivity contribution in [2.45, 2.75) is 24.2 Å². The average Bonchev–Trinajstić information content (AvgIpc) is 2.65. The molecule has 0 aliphatic carbocycles. The predicted molar refractivity (Wildman–Crippen MR) is 98.4 cm³/mol. The highest BCUT2D eigenvalue weighted by molar-refractivity contribution is 7.89. The number of sulfonamides is 1. The normalized spacial score (nSPS) is 15.5. The molecule has 0 spiro atoms. The van der Waals surface area contributed by atoms with Gasteiger partial charge in [0.1, 0.15) is 17.3 Å². The topological polar surface area (TPSA) is 66.5 Å². The van der Waals surface area contributed by atoms with Crippen LogP contribution in [0, 0.1) is 11.6 Å². The average molecular weight is 415 g/mol. The van der Waals surface area contributed by atoms with Crippen molar-refractivity contribution in [1.82, 2.24) is 4.31 Å². The number of hydrogen-bond donors (Lipinski definition) is 1. The maximum Gasteiger partial charge on any atom is 0.257 e. The van der Waals surface area contributed by atoms with E-state index in [1.807, 2.05) is 0 Å². The van der Waals surface area contributed by atoms with Gasteiger partial charge in [-0.25, -0.2) is 17.2 Å². The van der Waals surface area contributed by atoms with Gasteiger partial charge < -0.3 is 5.32 Å². The minimum Gasteiger partial charge on any atom is -0.317 e. The van der Waals surface area contributed by atoms with Crippen LogP contribution in [0.25, 0.3) is 0 Å². The Balaban J connectivity index is 1.92. The van der Waals surface area contributed by atoms with Gasteiger partial charge in [-0.1, -0.05) is 24.1 Å². The molecule has 1 aliphatic rings. The molecule has 1 amide bonds. The molecule has 1 aliphatic heterocycles. The number of amides is 1. The van der Waals surface area contributed by atoms with E-state index in [-0.39, 0.29) is 15.5 Å². The van der Waals surface area contributed by atoms with E-state index in [4.69, 9.17) is 11.6 Å². The molecule has 1 heterocycles. The molecule has 0 bridgehead atoms. The molecule has 27 heavy (non-hydrogen) atoms. The lowest BCUT2D eigenvalue weighted by molar-refractivity contribution is 0.102. The highest BCUT2D eigenvalue weighted by Gasteiger charge is 2.27. The summed E-state index contributed by atoms with van der Waals surface area (Å²) in [7, 11) is -3.78. The number of nitrogens with zero attached hydrogens (tertiary/aromatic N) is 1. The van der Waals surface area contributed by atoms with Crippen LogP contribution >= 0.6 is 11.6 Å². The van der Waals surface area contributed by atoms with Crippen LogP contribution < -0.4 is 5.32 Å². The Hall–Kier alpha value is -2.03. The lowest BCUT2D eigenvalue weighted by Gasteiger charge is -2.26. The zero-order valence-corrected chi connectivity index (χ0v) is 15.8. The van der Waals surface area contributed by atoms with E-state index >= 15 is 0 Å². The third kappa shape index (κ3) is 4.12. The molecule has 0 atom stereocenters. The van der Waals surface area contributed by atoms with Crippen molar-refractivity contribution in [3.05, 3.63) is 58.6 Å². The fourth-order valence-electron chi connectivity index (χ4n) is 2.89. The maximum atomic E-state index is 13.7. The third-order valence-electron chi connectivity index (χ3n) is 4.34. The van der Waals surface area contributed by atoms with Gasteiger partial charge in [-0.2, -0.15) is 4.31 Å². The first-order chi connectivity index (χ1) is 12.8. The lowest BCUT2D eigenvalue weighted by atomic mass is 10.2. The number of para-hydroxylation sites is 1. The van der Waals surface area contributed by atoms with Gasteiger partial charge in [0.05, 0.1) is 15.5 Å². The Labute approximate surface area is 161 Å². The van der Waals surface area contributed by atoms with E-state index in [1.54, 1.807) is 0 Å². The maximum absolute atomic E-state index is 13.7. The van der Waals surface area contributed by atoms with E-state index in [0.29, 0.717) is 13.1 Å². The first-order valence-electron chi connectivity index (χ1n) is 8.36. The van der Waals surface area contributed by atoms with Crippen molar-refractivity contribution in [3.63, 3.8) is 0 Å². The van der Waals surface area contributed by atoms with E-state index in [9.17, 15) is 22.0 Å². The highest BCUT2D eigenvalue weighted by Crippen LogP contribution is 2.26. The second-order valence-corrected chi connectivity index (χ2v) is 8.50. The smallest absolute Gasteiger partial charge is 0.257 e. The minimum absolute atomic E-state index is 0.0261. The molecule has 5 nitrogen and oxygen atoms in total. The molecule has 2 aromatic carbocycles. The molecule has 0 aromatic heterocycles. The Bertz CT molecular complexity index is 956. The third-order valence-corrected chi connectivity index (χ3v) is 6.56. The number of piperidine rings is 1. The van der Waals surface area contributed by atoms with Crippen LogP contribution in [0.4, 0.5) is 14.5 Å². The second-order valence-electron chi connectivity index (χ2n) is 6.16. The molecule has 0 radical (unpaired) electrons. The Morgan fingerprint density at radius 2 is 1.67 bits per heavy atom. The molecule has 3 rings (SSSR count). The molecule has 2 aromatic rings. The number of carbonyl (C=O) groups excluding carboxylic acids is 1. The highest BCUT2D eigenvalue weighted by atomic mass is 35.5. The van der Waals surface area contributed by atoms with Crippen molar-refractivity contribution < 1.29 is 22.0 Å². The van der Waals surface area contributed by atoms with Crippen LogP contribution in [0.3, 0.4) is 0 Å². The predicted octanol–water partition coefficient (Wildman–Crippen LogP) is 4.05. The van der Waals surface area contributed by atoms with Crippen LogP contribution in [0.1, 0.15) is 29.6 Å². The summed E-state index contributed by atoms with van der Waals surface area (Å²) in [6, 6.07) is 6.88. The number of nitrogens with one attached hydrogen (secondary N) is 1.